The number of nitrogens with zero attached hydrogens (tertiary/aromatic N) is 2. The zero-order chi connectivity index (χ0) is 21.0. The molecule has 1 aliphatic heterocycles. The van der Waals surface area contributed by atoms with Crippen LogP contribution in [0.3, 0.4) is 0 Å². The second-order valence-electron chi connectivity index (χ2n) is 7.60. The van der Waals surface area contributed by atoms with Gasteiger partial charge in [-0.2, -0.15) is 0 Å². The van der Waals surface area contributed by atoms with Crippen molar-refractivity contribution in [2.75, 3.05) is 21.9 Å². The number of benzene rings is 3. The molecule has 0 aliphatic carbocycles. The number of hydrogen-bond donors (Lipinski definition) is 1. The van der Waals surface area contributed by atoms with E-state index in [-0.39, 0.29) is 5.91 Å². The van der Waals surface area contributed by atoms with Gasteiger partial charge in [0.05, 0.1) is 5.69 Å². The van der Waals surface area contributed by atoms with Crippen molar-refractivity contribution in [1.82, 2.24) is 4.98 Å². The minimum absolute atomic E-state index is 0.110. The first-order valence-electron chi connectivity index (χ1n) is 10.5. The van der Waals surface area contributed by atoms with E-state index < -0.39 is 0 Å². The predicted molar refractivity (Wildman–Crippen MR) is 131 cm³/mol. The third kappa shape index (κ3) is 4.28. The molecule has 1 fully saturated rings. The Morgan fingerprint density at radius 1 is 0.935 bits per heavy atom. The molecule has 31 heavy (non-hydrogen) atoms. The molecule has 1 N–H and O–H groups in total. The van der Waals surface area contributed by atoms with Gasteiger partial charge in [-0.05, 0) is 72.6 Å². The van der Waals surface area contributed by atoms with Gasteiger partial charge in [-0.25, -0.2) is 0 Å². The lowest BCUT2D eigenvalue weighted by molar-refractivity contribution is 0.102. The molecule has 0 saturated carbocycles. The van der Waals surface area contributed by atoms with E-state index >= 15 is 0 Å². The van der Waals surface area contributed by atoms with Gasteiger partial charge in [0, 0.05) is 46.4 Å². The summed E-state index contributed by atoms with van der Waals surface area (Å²) in [6, 6.07) is 25.9. The predicted octanol–water partition coefficient (Wildman–Crippen LogP) is 6.40. The van der Waals surface area contributed by atoms with E-state index in [9.17, 15) is 4.79 Å². The molecule has 5 heteroatoms. The number of pyridine rings is 1. The molecular weight excluding hydrogens is 402 g/mol. The fraction of sp³-hybridized carbons (Fsp3) is 0.154. The maximum atomic E-state index is 12.8. The molecule has 1 aliphatic rings. The quantitative estimate of drug-likeness (QED) is 0.384. The van der Waals surface area contributed by atoms with Gasteiger partial charge in [0.2, 0.25) is 0 Å². The molecule has 5 rings (SSSR count). The molecule has 0 spiro atoms. The maximum absolute atomic E-state index is 12.8. The van der Waals surface area contributed by atoms with Gasteiger partial charge in [-0.15, -0.1) is 0 Å². The lowest BCUT2D eigenvalue weighted by atomic mass is 10.0. The van der Waals surface area contributed by atoms with Crippen molar-refractivity contribution < 1.29 is 4.79 Å². The normalized spacial score (nSPS) is 13.9. The number of hydrogen-bond acceptors (Lipinski definition) is 4. The molecule has 0 bridgehead atoms. The minimum atomic E-state index is -0.110. The number of fused-ring (bicyclic) bond motifs is 1. The second-order valence-corrected chi connectivity index (χ2v) is 8.71. The van der Waals surface area contributed by atoms with Crippen LogP contribution in [0.15, 0.2) is 85.1 Å². The van der Waals surface area contributed by atoms with Crippen molar-refractivity contribution in [1.29, 1.82) is 0 Å². The fourth-order valence-electron chi connectivity index (χ4n) is 3.88. The Morgan fingerprint density at radius 3 is 2.65 bits per heavy atom. The van der Waals surface area contributed by atoms with E-state index in [1.165, 1.54) is 12.8 Å². The summed E-state index contributed by atoms with van der Waals surface area (Å²) in [6.07, 6.45) is 4.32. The Hall–Kier alpha value is -3.31. The molecule has 0 atom stereocenters. The second kappa shape index (κ2) is 8.82. The number of aromatic nitrogens is 1. The number of carbonyl (C=O) groups excluding carboxylic acids is 1. The minimum Gasteiger partial charge on any atom is -0.322 e. The number of nitrogens with one attached hydrogen (secondary N) is 1. The van der Waals surface area contributed by atoms with E-state index in [0.29, 0.717) is 5.56 Å². The summed E-state index contributed by atoms with van der Waals surface area (Å²) >= 11 is 1.86. The van der Waals surface area contributed by atoms with E-state index in [4.69, 9.17) is 0 Å². The lowest BCUT2D eigenvalue weighted by Gasteiger charge is -2.27. The summed E-state index contributed by atoms with van der Waals surface area (Å²) in [5, 5.41) is 5.27. The van der Waals surface area contributed by atoms with Crippen LogP contribution >= 0.6 is 11.9 Å². The van der Waals surface area contributed by atoms with Crippen LogP contribution in [0, 0.1) is 0 Å². The molecule has 0 unspecified atom stereocenters. The molecule has 0 radical (unpaired) electrons. The van der Waals surface area contributed by atoms with Crippen LogP contribution in [-0.2, 0) is 0 Å². The largest absolute Gasteiger partial charge is 0.322 e. The molecule has 1 aromatic heterocycles. The van der Waals surface area contributed by atoms with E-state index in [1.807, 2.05) is 84.9 Å². The molecule has 4 aromatic rings. The van der Waals surface area contributed by atoms with E-state index in [0.717, 1.165) is 45.7 Å². The van der Waals surface area contributed by atoms with Crippen molar-refractivity contribution in [2.24, 2.45) is 0 Å². The number of anilines is 2. The summed E-state index contributed by atoms with van der Waals surface area (Å²) in [4.78, 5) is 17.4. The van der Waals surface area contributed by atoms with Crippen molar-refractivity contribution in [2.45, 2.75) is 12.8 Å². The van der Waals surface area contributed by atoms with Crippen molar-refractivity contribution >= 4 is 40.0 Å². The third-order valence-corrected chi connectivity index (χ3v) is 6.66. The van der Waals surface area contributed by atoms with Crippen LogP contribution in [0.4, 0.5) is 11.4 Å². The van der Waals surface area contributed by atoms with Crippen LogP contribution in [-0.4, -0.2) is 23.2 Å². The summed E-state index contributed by atoms with van der Waals surface area (Å²) in [5.74, 6) is 1.05. The Kier molecular flexibility index (Phi) is 5.59. The number of rotatable bonds is 4. The zero-order valence-corrected chi connectivity index (χ0v) is 17.9. The molecule has 1 saturated heterocycles. The summed E-state index contributed by atoms with van der Waals surface area (Å²) in [6.45, 7) is 1.06. The standard InChI is InChI=1S/C26H23N3OS/c30-26(20-10-12-23(13-11-20)29-16-3-4-17-31-29)28-22-8-5-7-21(18-22)25-24-9-2-1-6-19(24)14-15-27-25/h1-2,5-15,18H,3-4,16-17H2,(H,28,30). The van der Waals surface area contributed by atoms with Gasteiger partial charge in [-0.1, -0.05) is 36.4 Å². The first kappa shape index (κ1) is 19.6. The van der Waals surface area contributed by atoms with Crippen molar-refractivity contribution in [3.63, 3.8) is 0 Å². The van der Waals surface area contributed by atoms with Gasteiger partial charge in [-0.3, -0.25) is 9.78 Å². The monoisotopic (exact) mass is 425 g/mol. The Balaban J connectivity index is 1.35. The van der Waals surface area contributed by atoms with Crippen molar-refractivity contribution in [3.8, 4) is 11.3 Å². The lowest BCUT2D eigenvalue weighted by Crippen LogP contribution is -2.21. The molecule has 4 nitrogen and oxygen atoms in total. The SMILES string of the molecule is O=C(Nc1cccc(-c2nccc3ccccc23)c1)c1ccc(N2CCCCS2)cc1. The zero-order valence-electron chi connectivity index (χ0n) is 17.1. The highest BCUT2D eigenvalue weighted by atomic mass is 32.2. The molecule has 154 valence electrons. The topological polar surface area (TPSA) is 45.2 Å². The van der Waals surface area contributed by atoms with Crippen LogP contribution in [0.2, 0.25) is 0 Å². The average molecular weight is 426 g/mol. The molecule has 1 amide bonds. The summed E-state index contributed by atoms with van der Waals surface area (Å²) in [5.41, 5.74) is 4.46. The van der Waals surface area contributed by atoms with Crippen molar-refractivity contribution in [3.05, 3.63) is 90.6 Å². The molecule has 3 aromatic carbocycles. The van der Waals surface area contributed by atoms with Gasteiger partial charge in [0.25, 0.3) is 5.91 Å². The smallest absolute Gasteiger partial charge is 0.255 e. The number of amides is 1. The number of carbonyl (C=O) groups is 1. The molecule has 2 heterocycles. The Morgan fingerprint density at radius 2 is 1.81 bits per heavy atom. The Labute approximate surface area is 186 Å². The van der Waals surface area contributed by atoms with Crippen LogP contribution in [0.5, 0.6) is 0 Å². The third-order valence-electron chi connectivity index (χ3n) is 5.49. The highest BCUT2D eigenvalue weighted by Crippen LogP contribution is 2.29. The van der Waals surface area contributed by atoms with Gasteiger partial charge in [0.1, 0.15) is 0 Å². The highest BCUT2D eigenvalue weighted by molar-refractivity contribution is 8.00. The van der Waals surface area contributed by atoms with E-state index in [2.05, 4.69) is 26.7 Å². The Bertz CT molecular complexity index is 1210. The van der Waals surface area contributed by atoms with Crippen LogP contribution in [0.1, 0.15) is 23.2 Å². The van der Waals surface area contributed by atoms with Gasteiger partial charge >= 0.3 is 0 Å². The van der Waals surface area contributed by atoms with E-state index in [1.54, 1.807) is 0 Å². The average Bonchev–Trinajstić information content (AvgIpc) is 2.84. The first-order valence-corrected chi connectivity index (χ1v) is 11.5. The molecular formula is C26H23N3OS. The summed E-state index contributed by atoms with van der Waals surface area (Å²) < 4.78 is 2.31. The van der Waals surface area contributed by atoms with Gasteiger partial charge < -0.3 is 9.62 Å². The highest BCUT2D eigenvalue weighted by Gasteiger charge is 2.13. The maximum Gasteiger partial charge on any atom is 0.255 e. The summed E-state index contributed by atoms with van der Waals surface area (Å²) in [7, 11) is 0. The van der Waals surface area contributed by atoms with Crippen LogP contribution < -0.4 is 9.62 Å². The van der Waals surface area contributed by atoms with Crippen LogP contribution in [0.25, 0.3) is 22.0 Å². The van der Waals surface area contributed by atoms with Gasteiger partial charge in [0.15, 0.2) is 0 Å². The fourth-order valence-corrected chi connectivity index (χ4v) is 4.96. The first-order chi connectivity index (χ1) is 15.3.